The molecule has 0 spiro atoms. The lowest BCUT2D eigenvalue weighted by atomic mass is 9.96. The lowest BCUT2D eigenvalue weighted by molar-refractivity contribution is 0.369. The summed E-state index contributed by atoms with van der Waals surface area (Å²) >= 11 is 1.89. The fourth-order valence-electron chi connectivity index (χ4n) is 2.20. The topological polar surface area (TPSA) is 41.6 Å². The van der Waals surface area contributed by atoms with E-state index in [1.54, 1.807) is 0 Å². The van der Waals surface area contributed by atoms with Gasteiger partial charge in [-0.3, -0.25) is 0 Å². The van der Waals surface area contributed by atoms with Gasteiger partial charge < -0.3 is 10.6 Å². The smallest absolute Gasteiger partial charge is 0.191 e. The second kappa shape index (κ2) is 7.85. The molecule has 3 nitrogen and oxygen atoms in total. The highest BCUT2D eigenvalue weighted by molar-refractivity contribution is 7.98. The zero-order valence-electron chi connectivity index (χ0n) is 11.5. The Hall–Kier alpha value is -0.380. The molecule has 0 amide bonds. The number of thioether (sulfide) groups is 1. The standard InChI is InChI=1S/C13H27N3S/c1-11(9-10-17-3)16(2)13(14)15-12-7-5-4-6-8-12/h11-12H,4-10H2,1-3H3,(H2,14,15). The van der Waals surface area contributed by atoms with Crippen molar-refractivity contribution >= 4 is 17.7 Å². The Labute approximate surface area is 110 Å². The largest absolute Gasteiger partial charge is 0.370 e. The Morgan fingerprint density at radius 2 is 2.06 bits per heavy atom. The minimum Gasteiger partial charge on any atom is -0.370 e. The monoisotopic (exact) mass is 257 g/mol. The number of nitrogens with two attached hydrogens (primary N) is 1. The van der Waals surface area contributed by atoms with E-state index < -0.39 is 0 Å². The van der Waals surface area contributed by atoms with E-state index in [2.05, 4.69) is 30.1 Å². The molecule has 100 valence electrons. The first-order valence-electron chi connectivity index (χ1n) is 6.70. The number of guanidine groups is 1. The summed E-state index contributed by atoms with van der Waals surface area (Å²) in [4.78, 5) is 6.81. The van der Waals surface area contributed by atoms with Crippen LogP contribution in [0.15, 0.2) is 4.99 Å². The van der Waals surface area contributed by atoms with Crippen molar-refractivity contribution in [2.45, 2.75) is 57.5 Å². The molecule has 1 aliphatic rings. The van der Waals surface area contributed by atoms with Crippen molar-refractivity contribution in [2.24, 2.45) is 10.7 Å². The first-order valence-corrected chi connectivity index (χ1v) is 8.09. The highest BCUT2D eigenvalue weighted by Crippen LogP contribution is 2.20. The average Bonchev–Trinajstić information content (AvgIpc) is 2.36. The van der Waals surface area contributed by atoms with Crippen LogP contribution in [-0.4, -0.2) is 42.0 Å². The molecule has 0 aromatic rings. The Kier molecular flexibility index (Phi) is 6.78. The third-order valence-corrected chi connectivity index (χ3v) is 4.30. The summed E-state index contributed by atoms with van der Waals surface area (Å²) in [6, 6.07) is 0.953. The molecule has 1 atom stereocenters. The maximum absolute atomic E-state index is 6.09. The van der Waals surface area contributed by atoms with Crippen LogP contribution in [0.4, 0.5) is 0 Å². The Morgan fingerprint density at radius 3 is 2.65 bits per heavy atom. The van der Waals surface area contributed by atoms with Gasteiger partial charge >= 0.3 is 0 Å². The third kappa shape index (κ3) is 5.19. The van der Waals surface area contributed by atoms with Gasteiger partial charge in [-0.15, -0.1) is 0 Å². The lowest BCUT2D eigenvalue weighted by Crippen LogP contribution is -2.41. The van der Waals surface area contributed by atoms with Crippen LogP contribution in [0, 0.1) is 0 Å². The van der Waals surface area contributed by atoms with Gasteiger partial charge in [0, 0.05) is 13.1 Å². The van der Waals surface area contributed by atoms with Crippen molar-refractivity contribution in [3.05, 3.63) is 0 Å². The van der Waals surface area contributed by atoms with Gasteiger partial charge in [-0.05, 0) is 38.2 Å². The summed E-state index contributed by atoms with van der Waals surface area (Å²) < 4.78 is 0. The van der Waals surface area contributed by atoms with Crippen LogP contribution in [0.5, 0.6) is 0 Å². The maximum Gasteiger partial charge on any atom is 0.191 e. The summed E-state index contributed by atoms with van der Waals surface area (Å²) in [5.74, 6) is 1.91. The van der Waals surface area contributed by atoms with Gasteiger partial charge in [0.05, 0.1) is 6.04 Å². The van der Waals surface area contributed by atoms with Crippen molar-refractivity contribution in [1.29, 1.82) is 0 Å². The molecule has 0 saturated heterocycles. The highest BCUT2D eigenvalue weighted by atomic mass is 32.2. The first-order chi connectivity index (χ1) is 8.15. The molecule has 1 saturated carbocycles. The predicted molar refractivity (Wildman–Crippen MR) is 78.7 cm³/mol. The van der Waals surface area contributed by atoms with Crippen molar-refractivity contribution in [3.8, 4) is 0 Å². The van der Waals surface area contributed by atoms with Gasteiger partial charge in [0.1, 0.15) is 0 Å². The van der Waals surface area contributed by atoms with Crippen LogP contribution in [0.25, 0.3) is 0 Å². The van der Waals surface area contributed by atoms with Gasteiger partial charge in [0.25, 0.3) is 0 Å². The molecule has 2 N–H and O–H groups in total. The van der Waals surface area contributed by atoms with E-state index in [9.17, 15) is 0 Å². The summed E-state index contributed by atoms with van der Waals surface area (Å²) in [6.45, 7) is 2.22. The summed E-state index contributed by atoms with van der Waals surface area (Å²) in [5.41, 5.74) is 6.09. The molecule has 0 radical (unpaired) electrons. The average molecular weight is 257 g/mol. The van der Waals surface area contributed by atoms with Crippen molar-refractivity contribution in [2.75, 3.05) is 19.1 Å². The molecule has 4 heteroatoms. The number of hydrogen-bond donors (Lipinski definition) is 1. The molecule has 0 aromatic carbocycles. The van der Waals surface area contributed by atoms with Crippen LogP contribution < -0.4 is 5.73 Å². The van der Waals surface area contributed by atoms with Crippen LogP contribution in [0.2, 0.25) is 0 Å². The SMILES string of the molecule is CSCCC(C)N(C)C(N)=NC1CCCCC1. The molecular formula is C13H27N3S. The van der Waals surface area contributed by atoms with Crippen LogP contribution in [-0.2, 0) is 0 Å². The van der Waals surface area contributed by atoms with Crippen molar-refractivity contribution in [3.63, 3.8) is 0 Å². The van der Waals surface area contributed by atoms with E-state index in [1.165, 1.54) is 44.3 Å². The molecule has 17 heavy (non-hydrogen) atoms. The van der Waals surface area contributed by atoms with Crippen LogP contribution >= 0.6 is 11.8 Å². The van der Waals surface area contributed by atoms with Gasteiger partial charge in [-0.25, -0.2) is 4.99 Å². The van der Waals surface area contributed by atoms with Crippen LogP contribution in [0.3, 0.4) is 0 Å². The number of nitrogens with zero attached hydrogens (tertiary/aromatic N) is 2. The molecule has 1 rings (SSSR count). The molecule has 0 aromatic heterocycles. The molecule has 0 aliphatic heterocycles. The number of aliphatic imine (C=N–C) groups is 1. The quantitative estimate of drug-likeness (QED) is 0.608. The Morgan fingerprint density at radius 1 is 1.41 bits per heavy atom. The van der Waals surface area contributed by atoms with E-state index in [0.717, 1.165) is 5.96 Å². The summed E-state index contributed by atoms with van der Waals surface area (Å²) in [7, 11) is 2.06. The lowest BCUT2D eigenvalue weighted by Gasteiger charge is -2.27. The van der Waals surface area contributed by atoms with E-state index in [1.807, 2.05) is 11.8 Å². The number of hydrogen-bond acceptors (Lipinski definition) is 2. The Bertz CT molecular complexity index is 237. The number of rotatable bonds is 5. The molecule has 0 heterocycles. The van der Waals surface area contributed by atoms with E-state index in [-0.39, 0.29) is 0 Å². The summed E-state index contributed by atoms with van der Waals surface area (Å²) in [5, 5.41) is 0. The normalized spacial score (nSPS) is 20.3. The second-order valence-corrected chi connectivity index (χ2v) is 6.01. The molecule has 0 bridgehead atoms. The third-order valence-electron chi connectivity index (χ3n) is 3.65. The molecule has 1 fully saturated rings. The van der Waals surface area contributed by atoms with Crippen molar-refractivity contribution < 1.29 is 0 Å². The van der Waals surface area contributed by atoms with Gasteiger partial charge in [0.15, 0.2) is 5.96 Å². The molecule has 1 aliphatic carbocycles. The summed E-state index contributed by atoms with van der Waals surface area (Å²) in [6.07, 6.45) is 9.73. The highest BCUT2D eigenvalue weighted by Gasteiger charge is 2.15. The Balaban J connectivity index is 2.42. The predicted octanol–water partition coefficient (Wildman–Crippen LogP) is 2.71. The van der Waals surface area contributed by atoms with E-state index >= 15 is 0 Å². The minimum atomic E-state index is 0.471. The fourth-order valence-corrected chi connectivity index (χ4v) is 2.77. The first kappa shape index (κ1) is 14.7. The minimum absolute atomic E-state index is 0.471. The van der Waals surface area contributed by atoms with Gasteiger partial charge in [-0.2, -0.15) is 11.8 Å². The van der Waals surface area contributed by atoms with Crippen molar-refractivity contribution in [1.82, 2.24) is 4.90 Å². The van der Waals surface area contributed by atoms with Gasteiger partial charge in [0.2, 0.25) is 0 Å². The second-order valence-electron chi connectivity index (χ2n) is 5.02. The molecule has 1 unspecified atom stereocenters. The molecular weight excluding hydrogens is 230 g/mol. The zero-order valence-corrected chi connectivity index (χ0v) is 12.3. The van der Waals surface area contributed by atoms with E-state index in [0.29, 0.717) is 12.1 Å². The maximum atomic E-state index is 6.09. The van der Waals surface area contributed by atoms with Crippen LogP contribution in [0.1, 0.15) is 45.4 Å². The van der Waals surface area contributed by atoms with E-state index in [4.69, 9.17) is 5.73 Å². The fraction of sp³-hybridized carbons (Fsp3) is 0.923. The zero-order chi connectivity index (χ0) is 12.7. The van der Waals surface area contributed by atoms with Gasteiger partial charge in [-0.1, -0.05) is 19.3 Å².